The number of nitriles is 2. The van der Waals surface area contributed by atoms with Gasteiger partial charge in [0.2, 0.25) is 0 Å². The zero-order valence-corrected chi connectivity index (χ0v) is 53.5. The molecule has 3 aromatic rings. The molecule has 0 spiro atoms. The third kappa shape index (κ3) is 25.5. The fraction of sp³-hybridized carbons (Fsp3) is 0.677. The fourth-order valence-corrected chi connectivity index (χ4v) is 11.3. The summed E-state index contributed by atoms with van der Waals surface area (Å²) in [6.07, 6.45) is -6.14. The number of hydrogen-bond donors (Lipinski definition) is 8. The topological polar surface area (TPSA) is 337 Å². The first-order chi connectivity index (χ1) is 41.3. The predicted octanol–water partition coefficient (Wildman–Crippen LogP) is 6.31. The number of hydrogen-bond acceptors (Lipinski definition) is 23. The van der Waals surface area contributed by atoms with Gasteiger partial charge in [-0.3, -0.25) is 4.57 Å². The van der Waals surface area contributed by atoms with E-state index in [1.807, 2.05) is 66.7 Å². The lowest BCUT2D eigenvalue weighted by Gasteiger charge is -2.20. The molecule has 5 saturated heterocycles. The molecule has 5 unspecified atom stereocenters. The van der Waals surface area contributed by atoms with Crippen molar-refractivity contribution in [3.05, 3.63) is 108 Å². The van der Waals surface area contributed by atoms with Crippen molar-refractivity contribution in [1.29, 1.82) is 10.5 Å². The molecule has 5 heterocycles. The van der Waals surface area contributed by atoms with Gasteiger partial charge in [0.15, 0.2) is 25.2 Å². The SMILES string of the molecule is CCOP(=O)(CC#N)OCC.CC[C@H]1OC(CC#N)[C@H](OCc2ccccc2)[C@@H]1C.CC[C@H]1OC(O)[C@H](OCc2ccccc2)[C@@H]1C.CC[C@H]1OC(OC)[C@H](OCc2ccccc2)[C@@H]1C.COC1O[C@H](CO)[C@@H](O)[C@H]1O.Cl.OC[C@H]1OC(O)[C@H](O)[C@@H]1O. The average Bonchev–Trinajstić information content (AvgIpc) is 4.18. The van der Waals surface area contributed by atoms with Gasteiger partial charge in [-0.05, 0) is 49.8 Å². The second-order valence-electron chi connectivity index (χ2n) is 20.9. The van der Waals surface area contributed by atoms with Crippen LogP contribution in [0.4, 0.5) is 0 Å². The summed E-state index contributed by atoms with van der Waals surface area (Å²) in [6, 6.07) is 34.3. The summed E-state index contributed by atoms with van der Waals surface area (Å²) in [4.78, 5) is 0. The lowest BCUT2D eigenvalue weighted by atomic mass is 9.96. The number of aliphatic hydroxyl groups is 8. The quantitative estimate of drug-likeness (QED) is 0.0511. The lowest BCUT2D eigenvalue weighted by Crippen LogP contribution is -2.34. The minimum atomic E-state index is -3.08. The van der Waals surface area contributed by atoms with E-state index in [4.69, 9.17) is 93.2 Å². The van der Waals surface area contributed by atoms with Crippen LogP contribution in [0.1, 0.15) is 97.8 Å². The third-order valence-electron chi connectivity index (χ3n) is 15.0. The van der Waals surface area contributed by atoms with E-state index in [1.54, 1.807) is 27.0 Å². The molecule has 0 amide bonds. The van der Waals surface area contributed by atoms with Crippen molar-refractivity contribution < 1.29 is 102 Å². The fourth-order valence-electron chi connectivity index (χ4n) is 10.1. The van der Waals surface area contributed by atoms with Crippen LogP contribution in [0.25, 0.3) is 0 Å². The summed E-state index contributed by atoms with van der Waals surface area (Å²) in [5.74, 6) is 0.939. The summed E-state index contributed by atoms with van der Waals surface area (Å²) in [6.45, 7) is 17.7. The van der Waals surface area contributed by atoms with Gasteiger partial charge in [-0.15, -0.1) is 12.4 Å². The molecule has 5 aliphatic heterocycles. The second-order valence-corrected chi connectivity index (χ2v) is 23.0. The van der Waals surface area contributed by atoms with E-state index in [0.717, 1.165) is 30.4 Å². The van der Waals surface area contributed by atoms with Crippen LogP contribution in [-0.4, -0.2) is 192 Å². The van der Waals surface area contributed by atoms with Crippen LogP contribution in [-0.2, 0) is 80.8 Å². The Labute approximate surface area is 520 Å². The third-order valence-corrected chi connectivity index (χ3v) is 16.8. The summed E-state index contributed by atoms with van der Waals surface area (Å²) in [5, 5.41) is 88.8. The number of benzene rings is 3. The highest BCUT2D eigenvalue weighted by molar-refractivity contribution is 7.54. The second kappa shape index (κ2) is 43.2. The summed E-state index contributed by atoms with van der Waals surface area (Å²) >= 11 is 0. The van der Waals surface area contributed by atoms with Gasteiger partial charge in [-0.25, -0.2) is 0 Å². The first-order valence-corrected chi connectivity index (χ1v) is 31.2. The smallest absolute Gasteiger partial charge is 0.344 e. The molecule has 23 nitrogen and oxygen atoms in total. The van der Waals surface area contributed by atoms with Crippen molar-refractivity contribution in [1.82, 2.24) is 0 Å². The van der Waals surface area contributed by atoms with E-state index in [1.165, 1.54) is 12.7 Å². The minimum absolute atomic E-state index is 0. The van der Waals surface area contributed by atoms with Crippen molar-refractivity contribution in [2.45, 2.75) is 205 Å². The van der Waals surface area contributed by atoms with E-state index in [0.29, 0.717) is 51.3 Å². The Morgan fingerprint density at radius 2 is 0.851 bits per heavy atom. The molecule has 494 valence electrons. The molecule has 0 saturated carbocycles. The van der Waals surface area contributed by atoms with Gasteiger partial charge in [0.05, 0.1) is 95.3 Å². The standard InChI is InChI=1S/C16H21NO2.C15H22O3.C14H20O3.C6H12NO3P.C6H12O5.C5H10O5.ClH/c1-3-14-12(2)16(15(19-14)9-10-17)18-11-13-7-5-4-6-8-13;1-4-13-11(2)14(15(16-3)18-13)17-10-12-8-6-5-7-9-12;1-3-12-10(2)13(14(15)17-12)16-9-11-7-5-4-6-8-11;1-3-9-11(8,6-5-7)10-4-2;1-10-6-5(9)4(8)3(2-7)11-6;6-1-2-3(7)4(8)5(9)10-2;/h4-8,12,14-16H,3,9,11H2,1-2H3;5-9,11,13-15H,4,10H2,1-3H3;4-8,10,12-15H,3,9H2,1-2H3;3-4,6H2,1-2H3;3-9H,2H2,1H3;2-9H,1H2;1H/t12-,14-,15?,16-;11-,13-,14-,15?;10-,12-,13-,14?;;3-,4-,5-,6?;2-,3-,4-,5?;/m111.11./s1. The van der Waals surface area contributed by atoms with Crippen molar-refractivity contribution in [2.24, 2.45) is 17.8 Å². The minimum Gasteiger partial charge on any atom is -0.394 e. The lowest BCUT2D eigenvalue weighted by molar-refractivity contribution is -0.164. The van der Waals surface area contributed by atoms with E-state index < -0.39 is 69.7 Å². The molecular weight excluding hydrogens is 1180 g/mol. The average molecular weight is 1270 g/mol. The molecule has 0 aliphatic carbocycles. The molecule has 0 aromatic heterocycles. The van der Waals surface area contributed by atoms with Gasteiger partial charge in [0.25, 0.3) is 0 Å². The number of halogens is 1. The van der Waals surface area contributed by atoms with Crippen LogP contribution in [0, 0.1) is 40.4 Å². The van der Waals surface area contributed by atoms with Gasteiger partial charge in [-0.2, -0.15) is 10.5 Å². The highest BCUT2D eigenvalue weighted by Gasteiger charge is 2.45. The van der Waals surface area contributed by atoms with Crippen LogP contribution in [0.5, 0.6) is 0 Å². The number of ether oxygens (including phenoxy) is 10. The van der Waals surface area contributed by atoms with Gasteiger partial charge >= 0.3 is 7.60 Å². The summed E-state index contributed by atoms with van der Waals surface area (Å²) in [5.41, 5.74) is 3.46. The maximum absolute atomic E-state index is 11.3. The molecule has 25 heteroatoms. The maximum Gasteiger partial charge on any atom is 0.344 e. The van der Waals surface area contributed by atoms with E-state index in [-0.39, 0.29) is 80.1 Å². The molecule has 5 aliphatic rings. The van der Waals surface area contributed by atoms with Crippen LogP contribution in [0.15, 0.2) is 91.0 Å². The van der Waals surface area contributed by atoms with Gasteiger partial charge in [0, 0.05) is 32.0 Å². The zero-order chi connectivity index (χ0) is 63.8. The Morgan fingerprint density at radius 3 is 1.21 bits per heavy atom. The molecule has 8 N–H and O–H groups in total. The molecule has 8 rings (SSSR count). The van der Waals surface area contributed by atoms with Crippen molar-refractivity contribution >= 4 is 20.0 Å². The highest BCUT2D eigenvalue weighted by atomic mass is 35.5. The predicted molar refractivity (Wildman–Crippen MR) is 322 cm³/mol. The Hall–Kier alpha value is -3.64. The number of aliphatic hydroxyl groups excluding tert-OH is 8. The number of nitrogens with zero attached hydrogens (tertiary/aromatic N) is 2. The van der Waals surface area contributed by atoms with Crippen LogP contribution >= 0.6 is 20.0 Å². The van der Waals surface area contributed by atoms with Crippen LogP contribution < -0.4 is 0 Å². The van der Waals surface area contributed by atoms with E-state index >= 15 is 0 Å². The molecule has 87 heavy (non-hydrogen) atoms. The molecular formula is C62H98ClN2O21P. The molecule has 5 fully saturated rings. The zero-order valence-electron chi connectivity index (χ0n) is 51.8. The van der Waals surface area contributed by atoms with Crippen LogP contribution in [0.3, 0.4) is 0 Å². The Balaban J connectivity index is 0.000000362. The van der Waals surface area contributed by atoms with Crippen molar-refractivity contribution in [2.75, 3.05) is 46.8 Å². The van der Waals surface area contributed by atoms with E-state index in [2.05, 4.69) is 81.4 Å². The Bertz CT molecular complexity index is 2340. The number of rotatable bonds is 22. The largest absolute Gasteiger partial charge is 0.394 e. The molecule has 3 aromatic carbocycles. The molecule has 0 bridgehead atoms. The Kier molecular flexibility index (Phi) is 39.4. The number of methoxy groups -OCH3 is 2. The summed E-state index contributed by atoms with van der Waals surface area (Å²) in [7, 11) is -0.0441. The van der Waals surface area contributed by atoms with Crippen LogP contribution in [0.2, 0.25) is 0 Å². The molecule has 0 radical (unpaired) electrons. The van der Waals surface area contributed by atoms with Crippen molar-refractivity contribution in [3.8, 4) is 12.1 Å². The highest BCUT2D eigenvalue weighted by Crippen LogP contribution is 2.47. The first-order valence-electron chi connectivity index (χ1n) is 29.5. The van der Waals surface area contributed by atoms with Gasteiger partial charge in [-0.1, -0.05) is 133 Å². The van der Waals surface area contributed by atoms with Gasteiger partial charge < -0.3 is 97.3 Å². The van der Waals surface area contributed by atoms with Crippen molar-refractivity contribution in [3.63, 3.8) is 0 Å². The van der Waals surface area contributed by atoms with Gasteiger partial charge in [0.1, 0.15) is 55.0 Å². The monoisotopic (exact) mass is 1270 g/mol. The summed E-state index contributed by atoms with van der Waals surface area (Å²) < 4.78 is 75.5. The maximum atomic E-state index is 11.3. The van der Waals surface area contributed by atoms with E-state index in [9.17, 15) is 9.67 Å². The normalized spacial score (nSPS) is 32.1. The first kappa shape index (κ1) is 79.5. The molecule has 20 atom stereocenters. The Morgan fingerprint density at radius 1 is 0.471 bits per heavy atom.